The number of carbonyl (C=O) groups is 1. The molecule has 0 spiro atoms. The minimum absolute atomic E-state index is 0.0765. The summed E-state index contributed by atoms with van der Waals surface area (Å²) in [6.45, 7) is 0.0765. The van der Waals surface area contributed by atoms with Crippen molar-refractivity contribution in [2.45, 2.75) is 6.54 Å². The molecule has 0 aliphatic carbocycles. The van der Waals surface area contributed by atoms with E-state index in [9.17, 15) is 13.6 Å². The van der Waals surface area contributed by atoms with E-state index in [4.69, 9.17) is 10.5 Å². The average Bonchev–Trinajstić information content (AvgIpc) is 2.47. The smallest absolute Gasteiger partial charge is 0.251 e. The summed E-state index contributed by atoms with van der Waals surface area (Å²) in [4.78, 5) is 12.0. The van der Waals surface area contributed by atoms with Crippen LogP contribution in [0.3, 0.4) is 0 Å². The van der Waals surface area contributed by atoms with Gasteiger partial charge in [0.25, 0.3) is 5.91 Å². The highest BCUT2D eigenvalue weighted by atomic mass is 19.2. The molecule has 0 heterocycles. The third kappa shape index (κ3) is 3.68. The van der Waals surface area contributed by atoms with E-state index >= 15 is 0 Å². The Hall–Kier alpha value is -2.63. The third-order valence-electron chi connectivity index (χ3n) is 2.86. The van der Waals surface area contributed by atoms with Gasteiger partial charge in [-0.1, -0.05) is 6.07 Å². The maximum absolute atomic E-state index is 13.1. The lowest BCUT2D eigenvalue weighted by Gasteiger charge is -2.08. The Labute approximate surface area is 120 Å². The topological polar surface area (TPSA) is 64.3 Å². The number of hydrogen-bond donors (Lipinski definition) is 2. The van der Waals surface area contributed by atoms with Crippen molar-refractivity contribution in [3.63, 3.8) is 0 Å². The van der Waals surface area contributed by atoms with Gasteiger partial charge in [-0.3, -0.25) is 4.79 Å². The number of rotatable bonds is 4. The molecule has 0 atom stereocenters. The number of hydrogen-bond acceptors (Lipinski definition) is 3. The van der Waals surface area contributed by atoms with Crippen LogP contribution >= 0.6 is 0 Å². The van der Waals surface area contributed by atoms with Crippen molar-refractivity contribution in [3.05, 3.63) is 59.2 Å². The summed E-state index contributed by atoms with van der Waals surface area (Å²) in [5, 5.41) is 2.60. The van der Waals surface area contributed by atoms with Crippen molar-refractivity contribution < 1.29 is 18.3 Å². The number of carbonyl (C=O) groups excluding carboxylic acids is 1. The number of nitrogens with one attached hydrogen (secondary N) is 1. The van der Waals surface area contributed by atoms with Crippen LogP contribution in [0, 0.1) is 11.6 Å². The molecular weight excluding hydrogens is 278 g/mol. The maximum Gasteiger partial charge on any atom is 0.251 e. The second kappa shape index (κ2) is 6.21. The lowest BCUT2D eigenvalue weighted by molar-refractivity contribution is 0.0950. The van der Waals surface area contributed by atoms with Gasteiger partial charge in [-0.05, 0) is 29.8 Å². The van der Waals surface area contributed by atoms with Gasteiger partial charge in [-0.25, -0.2) is 8.78 Å². The number of anilines is 1. The van der Waals surface area contributed by atoms with E-state index < -0.39 is 11.6 Å². The van der Waals surface area contributed by atoms with Crippen LogP contribution in [-0.2, 0) is 6.54 Å². The molecule has 110 valence electrons. The molecular formula is C15H14F2N2O2. The highest BCUT2D eigenvalue weighted by molar-refractivity contribution is 5.95. The predicted molar refractivity (Wildman–Crippen MR) is 74.9 cm³/mol. The zero-order valence-corrected chi connectivity index (χ0v) is 11.3. The Morgan fingerprint density at radius 3 is 2.62 bits per heavy atom. The number of nitrogens with two attached hydrogens (primary N) is 1. The zero-order valence-electron chi connectivity index (χ0n) is 11.3. The molecule has 2 rings (SSSR count). The van der Waals surface area contributed by atoms with Crippen molar-refractivity contribution in [2.24, 2.45) is 0 Å². The third-order valence-corrected chi connectivity index (χ3v) is 2.86. The highest BCUT2D eigenvalue weighted by Gasteiger charge is 2.09. The molecule has 4 nitrogen and oxygen atoms in total. The molecule has 0 saturated carbocycles. The normalized spacial score (nSPS) is 10.2. The first-order chi connectivity index (χ1) is 9.99. The van der Waals surface area contributed by atoms with Gasteiger partial charge < -0.3 is 15.8 Å². The SMILES string of the molecule is COc1cc(N)cc(C(=O)NCc2ccc(F)c(F)c2)c1. The first kappa shape index (κ1) is 14.8. The molecule has 0 aliphatic rings. The molecule has 0 bridgehead atoms. The lowest BCUT2D eigenvalue weighted by atomic mass is 10.1. The summed E-state index contributed by atoms with van der Waals surface area (Å²) in [7, 11) is 1.47. The Bertz CT molecular complexity index is 675. The number of halogens is 2. The molecule has 2 aromatic rings. The molecule has 1 amide bonds. The van der Waals surface area contributed by atoms with Gasteiger partial charge >= 0.3 is 0 Å². The molecule has 0 saturated heterocycles. The van der Waals surface area contributed by atoms with Gasteiger partial charge in [0.2, 0.25) is 0 Å². The van der Waals surface area contributed by atoms with E-state index in [2.05, 4.69) is 5.32 Å². The first-order valence-electron chi connectivity index (χ1n) is 6.16. The van der Waals surface area contributed by atoms with Gasteiger partial charge in [-0.15, -0.1) is 0 Å². The summed E-state index contributed by atoms with van der Waals surface area (Å²) in [6, 6.07) is 8.08. The van der Waals surface area contributed by atoms with Crippen molar-refractivity contribution in [1.82, 2.24) is 5.32 Å². The fraction of sp³-hybridized carbons (Fsp3) is 0.133. The van der Waals surface area contributed by atoms with Crippen LogP contribution < -0.4 is 15.8 Å². The monoisotopic (exact) mass is 292 g/mol. The highest BCUT2D eigenvalue weighted by Crippen LogP contribution is 2.18. The molecule has 3 N–H and O–H groups in total. The van der Waals surface area contributed by atoms with Crippen molar-refractivity contribution in [3.8, 4) is 5.75 Å². The number of methoxy groups -OCH3 is 1. The summed E-state index contributed by atoms with van der Waals surface area (Å²) in [5.74, 6) is -1.80. The Balaban J connectivity index is 2.07. The lowest BCUT2D eigenvalue weighted by Crippen LogP contribution is -2.23. The van der Waals surface area contributed by atoms with Crippen molar-refractivity contribution >= 4 is 11.6 Å². The summed E-state index contributed by atoms with van der Waals surface area (Å²) in [6.07, 6.45) is 0. The molecule has 6 heteroatoms. The van der Waals surface area contributed by atoms with Gasteiger partial charge in [0.05, 0.1) is 7.11 Å². The predicted octanol–water partition coefficient (Wildman–Crippen LogP) is 2.49. The van der Waals surface area contributed by atoms with Crippen LogP contribution in [0.4, 0.5) is 14.5 Å². The fourth-order valence-corrected chi connectivity index (χ4v) is 1.81. The van der Waals surface area contributed by atoms with Crippen LogP contribution in [0.1, 0.15) is 15.9 Å². The summed E-state index contributed by atoms with van der Waals surface area (Å²) < 4.78 is 30.9. The molecule has 0 radical (unpaired) electrons. The quantitative estimate of drug-likeness (QED) is 0.851. The minimum Gasteiger partial charge on any atom is -0.497 e. The van der Waals surface area contributed by atoms with E-state index in [0.29, 0.717) is 22.6 Å². The van der Waals surface area contributed by atoms with Crippen LogP contribution in [0.2, 0.25) is 0 Å². The first-order valence-corrected chi connectivity index (χ1v) is 6.16. The van der Waals surface area contributed by atoms with Crippen LogP contribution in [0.15, 0.2) is 36.4 Å². The molecule has 0 aliphatic heterocycles. The number of amides is 1. The van der Waals surface area contributed by atoms with Gasteiger partial charge in [0.1, 0.15) is 5.75 Å². The van der Waals surface area contributed by atoms with Crippen LogP contribution in [0.5, 0.6) is 5.75 Å². The van der Waals surface area contributed by atoms with E-state index in [1.54, 1.807) is 6.07 Å². The summed E-state index contributed by atoms with van der Waals surface area (Å²) in [5.41, 5.74) is 6.85. The average molecular weight is 292 g/mol. The van der Waals surface area contributed by atoms with E-state index in [1.807, 2.05) is 0 Å². The van der Waals surface area contributed by atoms with Gasteiger partial charge in [0.15, 0.2) is 11.6 Å². The van der Waals surface area contributed by atoms with E-state index in [-0.39, 0.29) is 12.5 Å². The zero-order chi connectivity index (χ0) is 15.4. The number of benzene rings is 2. The largest absolute Gasteiger partial charge is 0.497 e. The minimum atomic E-state index is -0.952. The Kier molecular flexibility index (Phi) is 4.37. The fourth-order valence-electron chi connectivity index (χ4n) is 1.81. The standard InChI is InChI=1S/C15H14F2N2O2/c1-21-12-6-10(5-11(18)7-12)15(20)19-8-9-2-3-13(16)14(17)4-9/h2-7H,8,18H2,1H3,(H,19,20). The van der Waals surface area contributed by atoms with Gasteiger partial charge in [0, 0.05) is 23.9 Å². The van der Waals surface area contributed by atoms with Crippen LogP contribution in [0.25, 0.3) is 0 Å². The van der Waals surface area contributed by atoms with Crippen molar-refractivity contribution in [1.29, 1.82) is 0 Å². The number of ether oxygens (including phenoxy) is 1. The van der Waals surface area contributed by atoms with E-state index in [1.165, 1.54) is 25.3 Å². The second-order valence-corrected chi connectivity index (χ2v) is 4.43. The Morgan fingerprint density at radius 2 is 1.95 bits per heavy atom. The molecule has 0 fully saturated rings. The second-order valence-electron chi connectivity index (χ2n) is 4.43. The molecule has 0 aromatic heterocycles. The molecule has 2 aromatic carbocycles. The Morgan fingerprint density at radius 1 is 1.19 bits per heavy atom. The number of nitrogen functional groups attached to an aromatic ring is 1. The van der Waals surface area contributed by atoms with Gasteiger partial charge in [-0.2, -0.15) is 0 Å². The molecule has 21 heavy (non-hydrogen) atoms. The van der Waals surface area contributed by atoms with Crippen molar-refractivity contribution in [2.75, 3.05) is 12.8 Å². The molecule has 0 unspecified atom stereocenters. The van der Waals surface area contributed by atoms with E-state index in [0.717, 1.165) is 12.1 Å². The van der Waals surface area contributed by atoms with Crippen LogP contribution in [-0.4, -0.2) is 13.0 Å². The summed E-state index contributed by atoms with van der Waals surface area (Å²) >= 11 is 0. The maximum atomic E-state index is 13.1.